The fourth-order valence-electron chi connectivity index (χ4n) is 2.12. The normalized spacial score (nSPS) is 11.9. The first-order chi connectivity index (χ1) is 10.5. The molecule has 1 aromatic heterocycles. The van der Waals surface area contributed by atoms with Gasteiger partial charge < -0.3 is 14.8 Å². The van der Waals surface area contributed by atoms with Crippen LogP contribution >= 0.6 is 15.9 Å². The predicted octanol–water partition coefficient (Wildman–Crippen LogP) is 3.25. The minimum absolute atomic E-state index is 0.00681. The second-order valence-electron chi connectivity index (χ2n) is 4.93. The third-order valence-corrected chi connectivity index (χ3v) is 3.61. The lowest BCUT2D eigenvalue weighted by Crippen LogP contribution is -2.36. The zero-order chi connectivity index (χ0) is 15.9. The first kappa shape index (κ1) is 16.3. The minimum atomic E-state index is -0.877. The van der Waals surface area contributed by atoms with E-state index in [9.17, 15) is 9.59 Å². The number of carboxylic acid groups (broad SMARTS) is 1. The molecule has 1 amide bonds. The van der Waals surface area contributed by atoms with Crippen LogP contribution < -0.4 is 5.32 Å². The van der Waals surface area contributed by atoms with Crippen molar-refractivity contribution in [3.63, 3.8) is 0 Å². The summed E-state index contributed by atoms with van der Waals surface area (Å²) in [6, 6.07) is 11.0. The molecule has 0 aliphatic heterocycles. The Morgan fingerprint density at radius 2 is 2.00 bits per heavy atom. The summed E-state index contributed by atoms with van der Waals surface area (Å²) in [6.45, 7) is 0. The molecular weight excluding hydrogens is 350 g/mol. The van der Waals surface area contributed by atoms with Crippen molar-refractivity contribution >= 4 is 27.8 Å². The smallest absolute Gasteiger partial charge is 0.303 e. The first-order valence-electron chi connectivity index (χ1n) is 6.85. The number of carbonyl (C=O) groups is 2. The number of rotatable bonds is 7. The van der Waals surface area contributed by atoms with Crippen LogP contribution in [0, 0.1) is 0 Å². The molecule has 2 N–H and O–H groups in total. The molecule has 22 heavy (non-hydrogen) atoms. The number of hydrogen-bond acceptors (Lipinski definition) is 3. The SMILES string of the molecule is O=C(O)CCC(Cc1ccccc1)NC(=O)c1coc(Br)c1. The van der Waals surface area contributed by atoms with E-state index in [1.165, 1.54) is 6.26 Å². The van der Waals surface area contributed by atoms with Crippen molar-refractivity contribution in [2.75, 3.05) is 0 Å². The molecule has 5 nitrogen and oxygen atoms in total. The third-order valence-electron chi connectivity index (χ3n) is 3.20. The van der Waals surface area contributed by atoms with Gasteiger partial charge in [-0.2, -0.15) is 0 Å². The zero-order valence-electron chi connectivity index (χ0n) is 11.8. The van der Waals surface area contributed by atoms with Gasteiger partial charge in [0.2, 0.25) is 0 Å². The van der Waals surface area contributed by atoms with Crippen LogP contribution in [0.2, 0.25) is 0 Å². The number of carboxylic acids is 1. The van der Waals surface area contributed by atoms with Crippen LogP contribution in [-0.4, -0.2) is 23.0 Å². The Bertz CT molecular complexity index is 639. The third kappa shape index (κ3) is 5.04. The summed E-state index contributed by atoms with van der Waals surface area (Å²) in [5.74, 6) is -1.15. The van der Waals surface area contributed by atoms with Gasteiger partial charge in [0.25, 0.3) is 5.91 Å². The number of amides is 1. The van der Waals surface area contributed by atoms with Gasteiger partial charge in [-0.05, 0) is 34.3 Å². The van der Waals surface area contributed by atoms with Gasteiger partial charge in [0.15, 0.2) is 4.67 Å². The molecule has 0 aliphatic rings. The highest BCUT2D eigenvalue weighted by Crippen LogP contribution is 2.15. The van der Waals surface area contributed by atoms with Gasteiger partial charge in [0.05, 0.1) is 5.56 Å². The van der Waals surface area contributed by atoms with Gasteiger partial charge in [-0.3, -0.25) is 9.59 Å². The Morgan fingerprint density at radius 3 is 2.59 bits per heavy atom. The number of hydrogen-bond donors (Lipinski definition) is 2. The standard InChI is InChI=1S/C16H16BrNO4/c17-14-9-12(10-22-14)16(21)18-13(6-7-15(19)20)8-11-4-2-1-3-5-11/h1-5,9-10,13H,6-8H2,(H,18,21)(H,19,20). The average molecular weight is 366 g/mol. The van der Waals surface area contributed by atoms with E-state index in [1.807, 2.05) is 30.3 Å². The molecule has 0 saturated carbocycles. The molecule has 1 atom stereocenters. The van der Waals surface area contributed by atoms with Gasteiger partial charge in [0, 0.05) is 18.5 Å². The lowest BCUT2D eigenvalue weighted by atomic mass is 10.0. The number of aliphatic carboxylic acids is 1. The van der Waals surface area contributed by atoms with Crippen molar-refractivity contribution in [1.29, 1.82) is 0 Å². The van der Waals surface area contributed by atoms with Gasteiger partial charge in [-0.25, -0.2) is 0 Å². The molecule has 0 spiro atoms. The summed E-state index contributed by atoms with van der Waals surface area (Å²) in [5.41, 5.74) is 1.45. The molecule has 0 fully saturated rings. The Hall–Kier alpha value is -2.08. The van der Waals surface area contributed by atoms with E-state index in [0.717, 1.165) is 5.56 Å². The van der Waals surface area contributed by atoms with E-state index in [4.69, 9.17) is 9.52 Å². The van der Waals surface area contributed by atoms with Gasteiger partial charge in [-0.15, -0.1) is 0 Å². The average Bonchev–Trinajstić information content (AvgIpc) is 2.92. The van der Waals surface area contributed by atoms with Crippen LogP contribution in [0.15, 0.2) is 51.7 Å². The molecule has 0 radical (unpaired) electrons. The highest BCUT2D eigenvalue weighted by atomic mass is 79.9. The number of benzene rings is 1. The van der Waals surface area contributed by atoms with Crippen LogP contribution in [0.4, 0.5) is 0 Å². The monoisotopic (exact) mass is 365 g/mol. The lowest BCUT2D eigenvalue weighted by molar-refractivity contribution is -0.137. The lowest BCUT2D eigenvalue weighted by Gasteiger charge is -2.17. The molecule has 0 bridgehead atoms. The van der Waals surface area contributed by atoms with Crippen LogP contribution in [0.3, 0.4) is 0 Å². The summed E-state index contributed by atoms with van der Waals surface area (Å²) in [5, 5.41) is 11.7. The van der Waals surface area contributed by atoms with Crippen LogP contribution in [0.25, 0.3) is 0 Å². The van der Waals surface area contributed by atoms with Crippen molar-refractivity contribution in [2.24, 2.45) is 0 Å². The number of nitrogens with one attached hydrogen (secondary N) is 1. The maximum atomic E-state index is 12.2. The van der Waals surface area contributed by atoms with E-state index in [2.05, 4.69) is 21.2 Å². The van der Waals surface area contributed by atoms with E-state index in [0.29, 0.717) is 23.1 Å². The minimum Gasteiger partial charge on any atom is -0.481 e. The van der Waals surface area contributed by atoms with E-state index < -0.39 is 5.97 Å². The summed E-state index contributed by atoms with van der Waals surface area (Å²) in [4.78, 5) is 22.9. The first-order valence-corrected chi connectivity index (χ1v) is 7.64. The number of carbonyl (C=O) groups excluding carboxylic acids is 1. The van der Waals surface area contributed by atoms with E-state index in [1.54, 1.807) is 6.07 Å². The van der Waals surface area contributed by atoms with Crippen molar-refractivity contribution in [2.45, 2.75) is 25.3 Å². The van der Waals surface area contributed by atoms with Crippen LogP contribution in [-0.2, 0) is 11.2 Å². The largest absolute Gasteiger partial charge is 0.481 e. The molecular formula is C16H16BrNO4. The molecule has 6 heteroatoms. The fourth-order valence-corrected chi connectivity index (χ4v) is 2.46. The van der Waals surface area contributed by atoms with Crippen molar-refractivity contribution in [3.8, 4) is 0 Å². The molecule has 116 valence electrons. The van der Waals surface area contributed by atoms with Gasteiger partial charge in [0.1, 0.15) is 6.26 Å². The van der Waals surface area contributed by atoms with Crippen molar-refractivity contribution in [1.82, 2.24) is 5.32 Å². The molecule has 2 aromatic rings. The topological polar surface area (TPSA) is 79.5 Å². The molecule has 1 heterocycles. The quantitative estimate of drug-likeness (QED) is 0.789. The fraction of sp³-hybridized carbons (Fsp3) is 0.250. The Balaban J connectivity index is 2.03. The van der Waals surface area contributed by atoms with Crippen molar-refractivity contribution < 1.29 is 19.1 Å². The van der Waals surface area contributed by atoms with E-state index >= 15 is 0 Å². The molecule has 2 rings (SSSR count). The second kappa shape index (κ2) is 7.79. The molecule has 1 aromatic carbocycles. The summed E-state index contributed by atoms with van der Waals surface area (Å²) in [6.07, 6.45) is 2.32. The Morgan fingerprint density at radius 1 is 1.27 bits per heavy atom. The number of halogens is 1. The zero-order valence-corrected chi connectivity index (χ0v) is 13.4. The van der Waals surface area contributed by atoms with Crippen molar-refractivity contribution in [3.05, 3.63) is 58.5 Å². The predicted molar refractivity (Wildman–Crippen MR) is 84.7 cm³/mol. The summed E-state index contributed by atoms with van der Waals surface area (Å²) < 4.78 is 5.52. The van der Waals surface area contributed by atoms with Gasteiger partial charge >= 0.3 is 5.97 Å². The van der Waals surface area contributed by atoms with Gasteiger partial charge in [-0.1, -0.05) is 30.3 Å². The Kier molecular flexibility index (Phi) is 5.77. The highest BCUT2D eigenvalue weighted by Gasteiger charge is 2.17. The van der Waals surface area contributed by atoms with Crippen LogP contribution in [0.1, 0.15) is 28.8 Å². The molecule has 0 aliphatic carbocycles. The highest BCUT2D eigenvalue weighted by molar-refractivity contribution is 9.10. The second-order valence-corrected chi connectivity index (χ2v) is 5.71. The Labute approximate surface area is 136 Å². The van der Waals surface area contributed by atoms with E-state index in [-0.39, 0.29) is 18.4 Å². The number of furan rings is 1. The maximum absolute atomic E-state index is 12.2. The van der Waals surface area contributed by atoms with Crippen LogP contribution in [0.5, 0.6) is 0 Å². The summed E-state index contributed by atoms with van der Waals surface area (Å²) >= 11 is 3.15. The molecule has 0 saturated heterocycles. The molecule has 1 unspecified atom stereocenters. The summed E-state index contributed by atoms with van der Waals surface area (Å²) in [7, 11) is 0. The maximum Gasteiger partial charge on any atom is 0.303 e.